The van der Waals surface area contributed by atoms with Gasteiger partial charge in [0.05, 0.1) is 0 Å². The van der Waals surface area contributed by atoms with Crippen molar-refractivity contribution in [3.05, 3.63) is 76.5 Å². The van der Waals surface area contributed by atoms with Gasteiger partial charge in [0.1, 0.15) is 23.1 Å². The summed E-state index contributed by atoms with van der Waals surface area (Å²) < 4.78 is 5.81. The van der Waals surface area contributed by atoms with Gasteiger partial charge in [-0.15, -0.1) is 5.10 Å². The molecular formula is C21H21N3O3S. The highest BCUT2D eigenvalue weighted by Gasteiger charge is 2.13. The van der Waals surface area contributed by atoms with E-state index in [9.17, 15) is 9.90 Å². The van der Waals surface area contributed by atoms with Crippen LogP contribution in [-0.4, -0.2) is 26.3 Å². The van der Waals surface area contributed by atoms with Crippen LogP contribution in [-0.2, 0) is 17.8 Å². The number of carbonyl (C=O) groups is 1. The van der Waals surface area contributed by atoms with E-state index in [4.69, 9.17) is 4.74 Å². The molecule has 2 N–H and O–H groups in total. The second-order valence-corrected chi connectivity index (χ2v) is 7.09. The number of carboxylic acids is 1. The molecule has 0 radical (unpaired) electrons. The van der Waals surface area contributed by atoms with Crippen LogP contribution in [0.15, 0.2) is 64.7 Å². The smallest absolute Gasteiger partial charge is 0.342 e. The monoisotopic (exact) mass is 395 g/mol. The lowest BCUT2D eigenvalue weighted by molar-refractivity contribution is -0.131. The molecule has 7 heteroatoms. The number of benzene rings is 2. The van der Waals surface area contributed by atoms with Crippen molar-refractivity contribution in [3.8, 4) is 5.75 Å². The van der Waals surface area contributed by atoms with Crippen molar-refractivity contribution >= 4 is 23.8 Å². The van der Waals surface area contributed by atoms with Gasteiger partial charge in [-0.05, 0) is 47.5 Å². The predicted molar refractivity (Wildman–Crippen MR) is 109 cm³/mol. The molecule has 0 saturated carbocycles. The molecule has 0 spiro atoms. The third-order valence-corrected chi connectivity index (χ3v) is 4.69. The van der Waals surface area contributed by atoms with Gasteiger partial charge in [0.15, 0.2) is 0 Å². The maximum absolute atomic E-state index is 11.7. The van der Waals surface area contributed by atoms with E-state index in [0.717, 1.165) is 41.6 Å². The minimum Gasteiger partial charge on any atom is -0.489 e. The molecule has 0 fully saturated rings. The van der Waals surface area contributed by atoms with Gasteiger partial charge in [0.25, 0.3) is 0 Å². The predicted octanol–water partition coefficient (Wildman–Crippen LogP) is 4.55. The van der Waals surface area contributed by atoms with E-state index in [1.54, 1.807) is 6.08 Å². The number of aromatic nitrogens is 3. The Bertz CT molecular complexity index is 954. The lowest BCUT2D eigenvalue weighted by Gasteiger charge is -2.07. The Balaban J connectivity index is 1.72. The van der Waals surface area contributed by atoms with E-state index in [-0.39, 0.29) is 4.91 Å². The molecule has 0 aliphatic heterocycles. The Hall–Kier alpha value is -3.06. The van der Waals surface area contributed by atoms with E-state index in [1.807, 2.05) is 61.5 Å². The number of nitrogens with one attached hydrogen (secondary N) is 1. The summed E-state index contributed by atoms with van der Waals surface area (Å²) in [5.41, 5.74) is 1.80. The number of hydrogen-bond acceptors (Lipinski definition) is 5. The molecule has 0 atom stereocenters. The fourth-order valence-corrected chi connectivity index (χ4v) is 3.22. The van der Waals surface area contributed by atoms with Crippen LogP contribution in [0.5, 0.6) is 5.75 Å². The van der Waals surface area contributed by atoms with Crippen LogP contribution < -0.4 is 4.74 Å². The zero-order chi connectivity index (χ0) is 19.8. The third-order valence-electron chi connectivity index (χ3n) is 3.81. The highest BCUT2D eigenvalue weighted by molar-refractivity contribution is 8.04. The van der Waals surface area contributed by atoms with Crippen LogP contribution in [0.1, 0.15) is 30.3 Å². The molecule has 3 aromatic rings. The standard InChI is InChI=1S/C21H21N3O3S/c1-2-7-19-22-21(24-23-19)28-18(20(25)26)13-16-10-6-11-17(12-16)27-14-15-8-4-3-5-9-15/h3-6,8-13H,2,7,14H2,1H3,(H,25,26)(H,22,23,24)/b18-13-. The second-order valence-electron chi connectivity index (χ2n) is 6.08. The number of rotatable bonds is 9. The summed E-state index contributed by atoms with van der Waals surface area (Å²) in [6.07, 6.45) is 3.31. The highest BCUT2D eigenvalue weighted by Crippen LogP contribution is 2.27. The van der Waals surface area contributed by atoms with Crippen LogP contribution >= 0.6 is 11.8 Å². The van der Waals surface area contributed by atoms with E-state index in [1.165, 1.54) is 0 Å². The molecule has 0 aliphatic rings. The van der Waals surface area contributed by atoms with E-state index >= 15 is 0 Å². The van der Waals surface area contributed by atoms with Crippen LogP contribution in [0.25, 0.3) is 6.08 Å². The number of nitrogens with zero attached hydrogens (tertiary/aromatic N) is 2. The topological polar surface area (TPSA) is 88.1 Å². The number of H-pyrrole nitrogens is 1. The minimum absolute atomic E-state index is 0.141. The highest BCUT2D eigenvalue weighted by atomic mass is 32.2. The molecule has 1 heterocycles. The van der Waals surface area contributed by atoms with Gasteiger partial charge in [-0.25, -0.2) is 9.78 Å². The number of aliphatic carboxylic acids is 1. The lowest BCUT2D eigenvalue weighted by Crippen LogP contribution is -1.98. The fourth-order valence-electron chi connectivity index (χ4n) is 2.49. The number of carboxylic acid groups (broad SMARTS) is 1. The van der Waals surface area contributed by atoms with E-state index in [0.29, 0.717) is 17.5 Å². The Morgan fingerprint density at radius 3 is 2.79 bits per heavy atom. The first-order valence-corrected chi connectivity index (χ1v) is 9.76. The molecule has 144 valence electrons. The maximum atomic E-state index is 11.7. The molecular weight excluding hydrogens is 374 g/mol. The van der Waals surface area contributed by atoms with Crippen molar-refractivity contribution in [2.75, 3.05) is 0 Å². The van der Waals surface area contributed by atoms with Crippen molar-refractivity contribution in [1.29, 1.82) is 0 Å². The Morgan fingerprint density at radius 2 is 2.04 bits per heavy atom. The van der Waals surface area contributed by atoms with Crippen molar-refractivity contribution in [1.82, 2.24) is 15.2 Å². The molecule has 28 heavy (non-hydrogen) atoms. The normalized spacial score (nSPS) is 11.4. The maximum Gasteiger partial charge on any atom is 0.342 e. The summed E-state index contributed by atoms with van der Waals surface area (Å²) in [4.78, 5) is 16.1. The molecule has 0 bridgehead atoms. The Labute approximate surface area is 167 Å². The van der Waals surface area contributed by atoms with Crippen molar-refractivity contribution in [2.24, 2.45) is 0 Å². The first kappa shape index (κ1) is 19.7. The van der Waals surface area contributed by atoms with Crippen molar-refractivity contribution in [2.45, 2.75) is 31.5 Å². The molecule has 0 unspecified atom stereocenters. The zero-order valence-corrected chi connectivity index (χ0v) is 16.3. The van der Waals surface area contributed by atoms with E-state index < -0.39 is 5.97 Å². The molecule has 6 nitrogen and oxygen atoms in total. The van der Waals surface area contributed by atoms with Gasteiger partial charge < -0.3 is 9.84 Å². The largest absolute Gasteiger partial charge is 0.489 e. The molecule has 3 rings (SSSR count). The number of aromatic amines is 1. The quantitative estimate of drug-likeness (QED) is 0.408. The summed E-state index contributed by atoms with van der Waals surface area (Å²) in [6.45, 7) is 2.50. The summed E-state index contributed by atoms with van der Waals surface area (Å²) >= 11 is 1.02. The van der Waals surface area contributed by atoms with Crippen LogP contribution in [0.4, 0.5) is 0 Å². The average molecular weight is 395 g/mol. The number of ether oxygens (including phenoxy) is 1. The number of thioether (sulfide) groups is 1. The summed E-state index contributed by atoms with van der Waals surface area (Å²) in [6, 6.07) is 17.2. The van der Waals surface area contributed by atoms with Crippen molar-refractivity contribution < 1.29 is 14.6 Å². The molecule has 2 aromatic carbocycles. The average Bonchev–Trinajstić information content (AvgIpc) is 3.14. The van der Waals surface area contributed by atoms with Crippen LogP contribution in [0.2, 0.25) is 0 Å². The Kier molecular flexibility index (Phi) is 6.86. The van der Waals surface area contributed by atoms with Gasteiger partial charge in [-0.3, -0.25) is 5.10 Å². The minimum atomic E-state index is -1.03. The zero-order valence-electron chi connectivity index (χ0n) is 15.5. The first-order valence-electron chi connectivity index (χ1n) is 8.95. The molecule has 0 amide bonds. The Morgan fingerprint density at radius 1 is 1.21 bits per heavy atom. The third kappa shape index (κ3) is 5.72. The molecule has 0 saturated heterocycles. The van der Waals surface area contributed by atoms with Gasteiger partial charge >= 0.3 is 5.97 Å². The first-order chi connectivity index (χ1) is 13.6. The van der Waals surface area contributed by atoms with Gasteiger partial charge in [0, 0.05) is 6.42 Å². The van der Waals surface area contributed by atoms with Gasteiger partial charge in [0.2, 0.25) is 5.16 Å². The number of aryl methyl sites for hydroxylation is 1. The van der Waals surface area contributed by atoms with Gasteiger partial charge in [-0.1, -0.05) is 49.4 Å². The lowest BCUT2D eigenvalue weighted by atomic mass is 10.2. The van der Waals surface area contributed by atoms with Crippen LogP contribution in [0, 0.1) is 0 Å². The van der Waals surface area contributed by atoms with Crippen LogP contribution in [0.3, 0.4) is 0 Å². The van der Waals surface area contributed by atoms with Gasteiger partial charge in [-0.2, -0.15) is 0 Å². The molecule has 1 aromatic heterocycles. The van der Waals surface area contributed by atoms with E-state index in [2.05, 4.69) is 15.2 Å². The SMILES string of the molecule is CCCc1nc(S/C(=C\c2cccc(OCc3ccccc3)c2)C(=O)O)n[nH]1. The second kappa shape index (κ2) is 9.75. The summed E-state index contributed by atoms with van der Waals surface area (Å²) in [5, 5.41) is 16.8. The summed E-state index contributed by atoms with van der Waals surface area (Å²) in [5.74, 6) is 0.406. The fraction of sp³-hybridized carbons (Fsp3) is 0.190. The summed E-state index contributed by atoms with van der Waals surface area (Å²) in [7, 11) is 0. The molecule has 0 aliphatic carbocycles. The number of hydrogen-bond donors (Lipinski definition) is 2. The van der Waals surface area contributed by atoms with Crippen molar-refractivity contribution in [3.63, 3.8) is 0 Å².